The molecule has 0 radical (unpaired) electrons. The monoisotopic (exact) mass is 491 g/mol. The highest BCUT2D eigenvalue weighted by atomic mass is 19.4. The molecule has 34 heavy (non-hydrogen) atoms. The second-order valence-electron chi connectivity index (χ2n) is 7.03. The van der Waals surface area contributed by atoms with Crippen LogP contribution < -0.4 is 16.4 Å². The number of nitrogen functional groups attached to an aromatic ring is 1. The van der Waals surface area contributed by atoms with Crippen LogP contribution in [0, 0.1) is 5.92 Å². The predicted octanol–water partition coefficient (Wildman–Crippen LogP) is 1.10. The van der Waals surface area contributed by atoms with Gasteiger partial charge in [-0.2, -0.15) is 13.2 Å². The third-order valence-corrected chi connectivity index (χ3v) is 3.85. The van der Waals surface area contributed by atoms with Gasteiger partial charge in [-0.15, -0.1) is 0 Å². The van der Waals surface area contributed by atoms with E-state index in [0.717, 1.165) is 6.08 Å². The predicted molar refractivity (Wildman–Crippen MR) is 112 cm³/mol. The number of rotatable bonds is 9. The van der Waals surface area contributed by atoms with Crippen molar-refractivity contribution in [2.75, 3.05) is 5.73 Å². The van der Waals surface area contributed by atoms with Gasteiger partial charge in [-0.25, -0.2) is 9.59 Å². The number of nitrogens with one attached hydrogen (secondary N) is 2. The van der Waals surface area contributed by atoms with Gasteiger partial charge in [0, 0.05) is 11.8 Å². The van der Waals surface area contributed by atoms with Gasteiger partial charge in [0.2, 0.25) is 11.8 Å². The lowest BCUT2D eigenvalue weighted by atomic mass is 10.0. The average molecular weight is 491 g/mol. The summed E-state index contributed by atoms with van der Waals surface area (Å²) >= 11 is 0. The highest BCUT2D eigenvalue weighted by Crippen LogP contribution is 2.13. The maximum atomic E-state index is 12.3. The standard InChI is InChI=1S/C18H23N3O6.C2HF3O2/c1-10(2)16(18(26)27)21-17(25)13(9-15(23)24)20-14(22)8-5-11-3-6-12(19)7-4-11;3-2(4,5)1(6)7/h3-8,10,13,16H,9,19H2,1-2H3,(H,20,22)(H,21,25)(H,23,24)(H,26,27);(H,6,7)/t13-,16-;/m0./s1. The number of benzene rings is 1. The van der Waals surface area contributed by atoms with Crippen molar-refractivity contribution in [1.82, 2.24) is 10.6 Å². The zero-order valence-corrected chi connectivity index (χ0v) is 18.0. The average Bonchev–Trinajstić information content (AvgIpc) is 2.69. The van der Waals surface area contributed by atoms with Crippen molar-refractivity contribution < 1.29 is 52.5 Å². The molecule has 0 aliphatic carbocycles. The lowest BCUT2D eigenvalue weighted by Crippen LogP contribution is -2.53. The van der Waals surface area contributed by atoms with Gasteiger partial charge >= 0.3 is 24.1 Å². The molecule has 188 valence electrons. The van der Waals surface area contributed by atoms with Crippen LogP contribution in [0.5, 0.6) is 0 Å². The third kappa shape index (κ3) is 12.1. The number of carbonyl (C=O) groups excluding carboxylic acids is 2. The number of carboxylic acids is 3. The first-order valence-electron chi connectivity index (χ1n) is 9.43. The Morgan fingerprint density at radius 1 is 1.00 bits per heavy atom. The first kappa shape index (κ1) is 29.9. The van der Waals surface area contributed by atoms with Crippen molar-refractivity contribution in [1.29, 1.82) is 0 Å². The van der Waals surface area contributed by atoms with E-state index >= 15 is 0 Å². The first-order chi connectivity index (χ1) is 15.5. The fourth-order valence-corrected chi connectivity index (χ4v) is 2.15. The zero-order chi connectivity index (χ0) is 26.6. The lowest BCUT2D eigenvalue weighted by molar-refractivity contribution is -0.192. The quantitative estimate of drug-likeness (QED) is 0.216. The molecule has 2 atom stereocenters. The van der Waals surface area contributed by atoms with Crippen molar-refractivity contribution in [3.8, 4) is 0 Å². The SMILES string of the molecule is CC(C)[C@H](NC(=O)[C@H](CC(=O)O)NC(=O)C=Cc1ccc(N)cc1)C(=O)O.O=C(O)C(F)(F)F. The molecule has 0 saturated heterocycles. The highest BCUT2D eigenvalue weighted by Gasteiger charge is 2.38. The van der Waals surface area contributed by atoms with Crippen LogP contribution in [0.15, 0.2) is 30.3 Å². The van der Waals surface area contributed by atoms with Crippen LogP contribution in [0.4, 0.5) is 18.9 Å². The van der Waals surface area contributed by atoms with Crippen molar-refractivity contribution in [2.24, 2.45) is 5.92 Å². The topological polar surface area (TPSA) is 196 Å². The van der Waals surface area contributed by atoms with Gasteiger partial charge in [-0.3, -0.25) is 14.4 Å². The number of aliphatic carboxylic acids is 3. The van der Waals surface area contributed by atoms with Crippen LogP contribution in [-0.4, -0.2) is 63.3 Å². The van der Waals surface area contributed by atoms with E-state index in [-0.39, 0.29) is 0 Å². The normalized spacial score (nSPS) is 12.8. The van der Waals surface area contributed by atoms with Crippen LogP contribution in [0.3, 0.4) is 0 Å². The molecular weight excluding hydrogens is 467 g/mol. The maximum absolute atomic E-state index is 12.3. The fraction of sp³-hybridized carbons (Fsp3) is 0.350. The minimum Gasteiger partial charge on any atom is -0.481 e. The number of amides is 2. The fourth-order valence-electron chi connectivity index (χ4n) is 2.15. The number of alkyl halides is 3. The summed E-state index contributed by atoms with van der Waals surface area (Å²) in [6, 6.07) is 4.05. The van der Waals surface area contributed by atoms with E-state index in [4.69, 9.17) is 25.8 Å². The molecule has 0 aliphatic heterocycles. The molecule has 0 unspecified atom stereocenters. The molecule has 0 aliphatic rings. The van der Waals surface area contributed by atoms with Gasteiger partial charge < -0.3 is 31.7 Å². The molecule has 1 rings (SSSR count). The van der Waals surface area contributed by atoms with E-state index in [1.54, 1.807) is 38.1 Å². The van der Waals surface area contributed by atoms with E-state index in [2.05, 4.69) is 10.6 Å². The van der Waals surface area contributed by atoms with Crippen molar-refractivity contribution in [3.05, 3.63) is 35.9 Å². The molecule has 2 amide bonds. The number of carbonyl (C=O) groups is 5. The molecular formula is C20H24F3N3O8. The smallest absolute Gasteiger partial charge is 0.481 e. The van der Waals surface area contributed by atoms with Gasteiger partial charge in [-0.05, 0) is 29.7 Å². The number of halogens is 3. The Labute approximate surface area is 191 Å². The minimum absolute atomic E-state index is 0.418. The highest BCUT2D eigenvalue weighted by molar-refractivity contribution is 5.97. The minimum atomic E-state index is -5.08. The van der Waals surface area contributed by atoms with Crippen LogP contribution >= 0.6 is 0 Å². The van der Waals surface area contributed by atoms with Crippen LogP contribution in [0.2, 0.25) is 0 Å². The van der Waals surface area contributed by atoms with Crippen LogP contribution in [0.1, 0.15) is 25.8 Å². The Morgan fingerprint density at radius 3 is 1.88 bits per heavy atom. The molecule has 0 fully saturated rings. The molecule has 0 bridgehead atoms. The van der Waals surface area contributed by atoms with E-state index in [1.807, 2.05) is 0 Å². The van der Waals surface area contributed by atoms with Gasteiger partial charge in [-0.1, -0.05) is 26.0 Å². The van der Waals surface area contributed by atoms with Gasteiger partial charge in [0.25, 0.3) is 0 Å². The van der Waals surface area contributed by atoms with E-state index < -0.39 is 60.3 Å². The molecule has 1 aromatic rings. The summed E-state index contributed by atoms with van der Waals surface area (Å²) in [5, 5.41) is 29.7. The number of hydrogen-bond acceptors (Lipinski definition) is 6. The Kier molecular flexibility index (Phi) is 11.8. The second kappa shape index (κ2) is 13.4. The van der Waals surface area contributed by atoms with E-state index in [1.165, 1.54) is 6.08 Å². The van der Waals surface area contributed by atoms with E-state index in [9.17, 15) is 32.3 Å². The first-order valence-corrected chi connectivity index (χ1v) is 9.43. The van der Waals surface area contributed by atoms with Crippen molar-refractivity contribution >= 4 is 41.5 Å². The van der Waals surface area contributed by atoms with Gasteiger partial charge in [0.15, 0.2) is 0 Å². The number of nitrogens with two attached hydrogens (primary N) is 1. The summed E-state index contributed by atoms with van der Waals surface area (Å²) in [5.74, 6) is -7.31. The van der Waals surface area contributed by atoms with Crippen LogP contribution in [0.25, 0.3) is 6.08 Å². The second-order valence-corrected chi connectivity index (χ2v) is 7.03. The zero-order valence-electron chi connectivity index (χ0n) is 18.0. The summed E-state index contributed by atoms with van der Waals surface area (Å²) in [7, 11) is 0. The molecule has 0 saturated carbocycles. The van der Waals surface area contributed by atoms with Crippen molar-refractivity contribution in [2.45, 2.75) is 38.5 Å². The van der Waals surface area contributed by atoms with Crippen LogP contribution in [-0.2, 0) is 24.0 Å². The Hall–Kier alpha value is -4.10. The van der Waals surface area contributed by atoms with Gasteiger partial charge in [0.1, 0.15) is 12.1 Å². The number of anilines is 1. The molecule has 7 N–H and O–H groups in total. The summed E-state index contributed by atoms with van der Waals surface area (Å²) < 4.78 is 31.7. The molecule has 0 spiro atoms. The number of carboxylic acid groups (broad SMARTS) is 3. The molecule has 11 nitrogen and oxygen atoms in total. The molecule has 14 heteroatoms. The summed E-state index contributed by atoms with van der Waals surface area (Å²) in [6.45, 7) is 3.19. The largest absolute Gasteiger partial charge is 0.490 e. The van der Waals surface area contributed by atoms with Gasteiger partial charge in [0.05, 0.1) is 6.42 Å². The third-order valence-electron chi connectivity index (χ3n) is 3.85. The molecule has 0 aromatic heterocycles. The molecule has 0 heterocycles. The summed E-state index contributed by atoms with van der Waals surface area (Å²) in [4.78, 5) is 55.3. The van der Waals surface area contributed by atoms with Crippen molar-refractivity contribution in [3.63, 3.8) is 0 Å². The number of hydrogen-bond donors (Lipinski definition) is 6. The Bertz CT molecular complexity index is 915. The molecule has 1 aromatic carbocycles. The summed E-state index contributed by atoms with van der Waals surface area (Å²) in [6.07, 6.45) is -3.15. The Balaban J connectivity index is 0.00000135. The maximum Gasteiger partial charge on any atom is 0.490 e. The lowest BCUT2D eigenvalue weighted by Gasteiger charge is -2.22. The Morgan fingerprint density at radius 2 is 1.50 bits per heavy atom. The summed E-state index contributed by atoms with van der Waals surface area (Å²) in [5.41, 5.74) is 6.81. The van der Waals surface area contributed by atoms with E-state index in [0.29, 0.717) is 11.3 Å².